The van der Waals surface area contributed by atoms with Crippen molar-refractivity contribution in [3.63, 3.8) is 0 Å². The Labute approximate surface area is 340 Å². The number of allylic oxidation sites excluding steroid dienone is 1. The third-order valence-electron chi connectivity index (χ3n) is 12.5. The minimum Gasteiger partial charge on any atom is -0.507 e. The molecule has 4 aromatic rings. The second-order valence-corrected chi connectivity index (χ2v) is 16.5. The number of urea groups is 1. The number of hydrogen-bond acceptors (Lipinski definition) is 10. The Morgan fingerprint density at radius 1 is 0.914 bits per heavy atom. The van der Waals surface area contributed by atoms with Gasteiger partial charge in [-0.2, -0.15) is 0 Å². The molecule has 1 aromatic heterocycles. The lowest BCUT2D eigenvalue weighted by Gasteiger charge is -2.40. The number of hydrogen-bond donors (Lipinski definition) is 5. The zero-order valence-electron chi connectivity index (χ0n) is 33.6. The van der Waals surface area contributed by atoms with E-state index in [1.807, 2.05) is 18.2 Å². The lowest BCUT2D eigenvalue weighted by Crippen LogP contribution is -2.49. The number of carbonyl (C=O) groups excluding carboxylic acids is 2. The number of nitrogens with two attached hydrogens (primary N) is 3. The van der Waals surface area contributed by atoms with Gasteiger partial charge in [-0.05, 0) is 105 Å². The van der Waals surface area contributed by atoms with Crippen LogP contribution in [0.1, 0.15) is 67.9 Å². The first-order valence-electron chi connectivity index (χ1n) is 20.7. The molecule has 3 amide bonds. The van der Waals surface area contributed by atoms with Crippen molar-refractivity contribution in [2.45, 2.75) is 64.2 Å². The fraction of sp³-hybridized carbons (Fsp3) is 0.422. The zero-order chi connectivity index (χ0) is 40.5. The molecule has 4 aliphatic heterocycles. The Balaban J connectivity index is 0.844. The minimum absolute atomic E-state index is 0.0658. The quantitative estimate of drug-likeness (QED) is 0.137. The number of phenolic OH excluding ortho intramolecular Hbond substituents is 1. The smallest absolute Gasteiger partial charge is 0.328 e. The standard InChI is InChI=1S/C45H57N9O4/c1-29-24-33(10-11-34(29)42-28-52(26-30(2)58-42)40(44(47)48)25-37(46)35-6-3-4-9-41(35)55)51-20-12-31(13-21-51)27-50-18-14-32(15-19-50)53-22-16-36-38(53)7-5-8-39(36)54-23-17-43(56)49-45(54)57/h3-11,16,22,24-25,30-32,42,55H,12-15,17-21,23,26-28,46-48H2,1-2H3,(H,49,56,57)/b37-25-. The first kappa shape index (κ1) is 39.2. The highest BCUT2D eigenvalue weighted by molar-refractivity contribution is 6.09. The first-order chi connectivity index (χ1) is 28.0. The molecule has 4 saturated heterocycles. The summed E-state index contributed by atoms with van der Waals surface area (Å²) in [5.74, 6) is 0.729. The van der Waals surface area contributed by atoms with Gasteiger partial charge in [-0.15, -0.1) is 0 Å². The highest BCUT2D eigenvalue weighted by Gasteiger charge is 2.31. The van der Waals surface area contributed by atoms with Crippen LogP contribution >= 0.6 is 0 Å². The molecule has 4 fully saturated rings. The number of aromatic hydroxyl groups is 1. The number of fused-ring (bicyclic) bond motifs is 1. The molecule has 58 heavy (non-hydrogen) atoms. The molecule has 8 N–H and O–H groups in total. The Morgan fingerprint density at radius 2 is 1.69 bits per heavy atom. The van der Waals surface area contributed by atoms with Crippen molar-refractivity contribution >= 4 is 39.9 Å². The molecule has 0 spiro atoms. The number of carbonyl (C=O) groups is 2. The summed E-state index contributed by atoms with van der Waals surface area (Å²) in [6.07, 6.45) is 8.53. The Morgan fingerprint density at radius 3 is 2.41 bits per heavy atom. The number of benzene rings is 3. The fourth-order valence-electron chi connectivity index (χ4n) is 9.48. The van der Waals surface area contributed by atoms with Crippen LogP contribution in [-0.2, 0) is 9.53 Å². The summed E-state index contributed by atoms with van der Waals surface area (Å²) in [6.45, 7) is 11.2. The molecule has 0 saturated carbocycles. The van der Waals surface area contributed by atoms with E-state index in [-0.39, 0.29) is 35.7 Å². The highest BCUT2D eigenvalue weighted by Crippen LogP contribution is 2.36. The lowest BCUT2D eigenvalue weighted by atomic mass is 9.93. The highest BCUT2D eigenvalue weighted by atomic mass is 16.5. The number of rotatable bonds is 9. The van der Waals surface area contributed by atoms with Crippen LogP contribution < -0.4 is 32.3 Å². The van der Waals surface area contributed by atoms with Gasteiger partial charge in [0.05, 0.1) is 23.0 Å². The van der Waals surface area contributed by atoms with Gasteiger partial charge in [-0.25, -0.2) is 4.79 Å². The first-order valence-corrected chi connectivity index (χ1v) is 20.7. The number of amides is 3. The minimum atomic E-state index is -0.346. The van der Waals surface area contributed by atoms with Crippen LogP contribution in [0.25, 0.3) is 16.6 Å². The second-order valence-electron chi connectivity index (χ2n) is 16.5. The third kappa shape index (κ3) is 8.19. The summed E-state index contributed by atoms with van der Waals surface area (Å²) >= 11 is 0. The number of nitrogens with one attached hydrogen (secondary N) is 1. The number of aromatic nitrogens is 1. The van der Waals surface area contributed by atoms with E-state index in [4.69, 9.17) is 21.9 Å². The van der Waals surface area contributed by atoms with Crippen LogP contribution in [-0.4, -0.2) is 89.9 Å². The number of nitrogens with zero attached hydrogens (tertiary/aromatic N) is 5. The SMILES string of the molecule is Cc1cc(N2CCC(CN3CCC(n4ccc5c(N6CCC(=O)NC6=O)cccc54)CC3)CC2)ccc1C1CN(C(/C=C(\N)c2ccccc2O)=C(N)N)CC(C)O1. The fourth-order valence-corrected chi connectivity index (χ4v) is 9.48. The van der Waals surface area contributed by atoms with Crippen LogP contribution in [0.5, 0.6) is 5.75 Å². The number of piperidine rings is 2. The van der Waals surface area contributed by atoms with Crippen molar-refractivity contribution in [3.05, 3.63) is 107 Å². The van der Waals surface area contributed by atoms with Crippen molar-refractivity contribution < 1.29 is 19.4 Å². The molecule has 0 bridgehead atoms. The second kappa shape index (κ2) is 16.7. The predicted octanol–water partition coefficient (Wildman–Crippen LogP) is 5.50. The summed E-state index contributed by atoms with van der Waals surface area (Å²) < 4.78 is 8.89. The molecule has 13 heteroatoms. The average molecular weight is 788 g/mol. The van der Waals surface area contributed by atoms with Crippen molar-refractivity contribution in [2.24, 2.45) is 23.1 Å². The number of phenols is 1. The maximum Gasteiger partial charge on any atom is 0.328 e. The van der Waals surface area contributed by atoms with Crippen LogP contribution in [0.15, 0.2) is 90.5 Å². The molecule has 2 unspecified atom stereocenters. The van der Waals surface area contributed by atoms with E-state index < -0.39 is 0 Å². The summed E-state index contributed by atoms with van der Waals surface area (Å²) in [5.41, 5.74) is 26.0. The molecule has 0 radical (unpaired) electrons. The van der Waals surface area contributed by atoms with Crippen molar-refractivity contribution in [2.75, 3.05) is 62.2 Å². The molecule has 2 atom stereocenters. The van der Waals surface area contributed by atoms with Crippen molar-refractivity contribution in [1.82, 2.24) is 19.7 Å². The molecule has 8 rings (SSSR count). The van der Waals surface area contributed by atoms with Gasteiger partial charge in [0.1, 0.15) is 17.7 Å². The van der Waals surface area contributed by atoms with E-state index >= 15 is 0 Å². The Bertz CT molecular complexity index is 2210. The monoisotopic (exact) mass is 787 g/mol. The number of ether oxygens (including phenoxy) is 1. The van der Waals surface area contributed by atoms with Crippen LogP contribution in [0.4, 0.5) is 16.2 Å². The molecule has 306 valence electrons. The maximum atomic E-state index is 12.6. The van der Waals surface area contributed by atoms with Crippen molar-refractivity contribution in [3.8, 4) is 5.75 Å². The number of imide groups is 1. The van der Waals surface area contributed by atoms with Gasteiger partial charge in [0.15, 0.2) is 0 Å². The molecule has 3 aromatic carbocycles. The van der Waals surface area contributed by atoms with E-state index in [9.17, 15) is 14.7 Å². The van der Waals surface area contributed by atoms with Crippen LogP contribution in [0.3, 0.4) is 0 Å². The zero-order valence-corrected chi connectivity index (χ0v) is 33.6. The summed E-state index contributed by atoms with van der Waals surface area (Å²) in [6, 6.07) is 22.0. The summed E-state index contributed by atoms with van der Waals surface area (Å²) in [4.78, 5) is 33.3. The van der Waals surface area contributed by atoms with E-state index in [0.29, 0.717) is 55.0 Å². The maximum absolute atomic E-state index is 12.6. The van der Waals surface area contributed by atoms with E-state index in [1.165, 1.54) is 24.1 Å². The summed E-state index contributed by atoms with van der Waals surface area (Å²) in [7, 11) is 0. The number of anilines is 2. The number of aryl methyl sites for hydroxylation is 1. The Kier molecular flexibility index (Phi) is 11.3. The van der Waals surface area contributed by atoms with Gasteiger partial charge in [0, 0.05) is 93.4 Å². The van der Waals surface area contributed by atoms with Gasteiger partial charge in [-0.1, -0.05) is 24.3 Å². The topological polar surface area (TPSA) is 172 Å². The normalized spacial score (nSPS) is 21.8. The molecule has 5 heterocycles. The van der Waals surface area contributed by atoms with E-state index in [0.717, 1.165) is 67.7 Å². The molecular formula is C45H57N9O4. The van der Waals surface area contributed by atoms with E-state index in [1.54, 1.807) is 29.2 Å². The number of likely N-dealkylation sites (tertiary alicyclic amines) is 1. The van der Waals surface area contributed by atoms with Crippen LogP contribution in [0, 0.1) is 12.8 Å². The molecule has 13 nitrogen and oxygen atoms in total. The van der Waals surface area contributed by atoms with Gasteiger partial charge in [-0.3, -0.25) is 15.0 Å². The predicted molar refractivity (Wildman–Crippen MR) is 229 cm³/mol. The largest absolute Gasteiger partial charge is 0.507 e. The van der Waals surface area contributed by atoms with Crippen LogP contribution in [0.2, 0.25) is 0 Å². The number of para-hydroxylation sites is 1. The van der Waals surface area contributed by atoms with Gasteiger partial charge in [0.2, 0.25) is 5.91 Å². The Hall–Kier alpha value is -5.66. The average Bonchev–Trinajstić information content (AvgIpc) is 3.65. The molecule has 0 aliphatic carbocycles. The van der Waals surface area contributed by atoms with E-state index in [2.05, 4.69) is 75.0 Å². The lowest BCUT2D eigenvalue weighted by molar-refractivity contribution is -0.120. The van der Waals surface area contributed by atoms with Crippen molar-refractivity contribution in [1.29, 1.82) is 0 Å². The van der Waals surface area contributed by atoms with Gasteiger partial charge in [0.25, 0.3) is 0 Å². The number of morpholine rings is 1. The third-order valence-corrected chi connectivity index (χ3v) is 12.5. The molecular weight excluding hydrogens is 731 g/mol. The van der Waals surface area contributed by atoms with Gasteiger partial charge < -0.3 is 46.3 Å². The molecule has 4 aliphatic rings. The van der Waals surface area contributed by atoms with Gasteiger partial charge >= 0.3 is 6.03 Å². The summed E-state index contributed by atoms with van der Waals surface area (Å²) in [5, 5.41) is 13.9.